The van der Waals surface area contributed by atoms with Gasteiger partial charge in [0.25, 0.3) is 0 Å². The van der Waals surface area contributed by atoms with Gasteiger partial charge in [-0.05, 0) is 40.5 Å². The number of hydrogen-bond donors (Lipinski definition) is 0. The number of amides is 1. The number of ether oxygens (including phenoxy) is 2. The van der Waals surface area contributed by atoms with Crippen molar-refractivity contribution in [1.29, 1.82) is 0 Å². The SMILES string of the molecule is CCC(CCN(CC)C(=O)OC(C)(C)C)C(=O)OC. The Labute approximate surface area is 116 Å². The molecule has 0 fully saturated rings. The van der Waals surface area contributed by atoms with E-state index in [0.717, 1.165) is 0 Å². The normalized spacial score (nSPS) is 12.7. The molecule has 5 heteroatoms. The van der Waals surface area contributed by atoms with Gasteiger partial charge in [0.2, 0.25) is 0 Å². The predicted molar refractivity (Wildman–Crippen MR) is 73.9 cm³/mol. The molecule has 19 heavy (non-hydrogen) atoms. The zero-order valence-corrected chi connectivity index (χ0v) is 13.0. The Morgan fingerprint density at radius 1 is 1.21 bits per heavy atom. The molecule has 0 rings (SSSR count). The first-order valence-corrected chi connectivity index (χ1v) is 6.80. The second-order valence-electron chi connectivity index (χ2n) is 5.48. The van der Waals surface area contributed by atoms with E-state index in [9.17, 15) is 9.59 Å². The highest BCUT2D eigenvalue weighted by Gasteiger charge is 2.23. The molecule has 112 valence electrons. The average Bonchev–Trinajstić information content (AvgIpc) is 2.31. The van der Waals surface area contributed by atoms with Crippen LogP contribution in [0, 0.1) is 5.92 Å². The second kappa shape index (κ2) is 8.02. The Morgan fingerprint density at radius 2 is 1.79 bits per heavy atom. The largest absolute Gasteiger partial charge is 0.469 e. The van der Waals surface area contributed by atoms with Crippen LogP contribution in [0.15, 0.2) is 0 Å². The molecule has 0 saturated carbocycles. The summed E-state index contributed by atoms with van der Waals surface area (Å²) in [6.45, 7) is 10.4. The summed E-state index contributed by atoms with van der Waals surface area (Å²) in [5.41, 5.74) is -0.503. The van der Waals surface area contributed by atoms with Gasteiger partial charge in [0, 0.05) is 13.1 Å². The van der Waals surface area contributed by atoms with Gasteiger partial charge in [-0.3, -0.25) is 4.79 Å². The lowest BCUT2D eigenvalue weighted by atomic mass is 10.0. The highest BCUT2D eigenvalue weighted by atomic mass is 16.6. The van der Waals surface area contributed by atoms with Crippen LogP contribution in [0.1, 0.15) is 47.5 Å². The monoisotopic (exact) mass is 273 g/mol. The molecular weight excluding hydrogens is 246 g/mol. The Hall–Kier alpha value is -1.26. The third-order valence-electron chi connectivity index (χ3n) is 2.81. The van der Waals surface area contributed by atoms with E-state index in [4.69, 9.17) is 9.47 Å². The van der Waals surface area contributed by atoms with E-state index in [2.05, 4.69) is 0 Å². The number of carbonyl (C=O) groups excluding carboxylic acids is 2. The highest BCUT2D eigenvalue weighted by molar-refractivity contribution is 5.72. The molecule has 5 nitrogen and oxygen atoms in total. The Morgan fingerprint density at radius 3 is 2.16 bits per heavy atom. The summed E-state index contributed by atoms with van der Waals surface area (Å²) in [6, 6.07) is 0. The minimum atomic E-state index is -0.503. The Bertz CT molecular complexity index is 296. The highest BCUT2D eigenvalue weighted by Crippen LogP contribution is 2.14. The molecule has 0 aromatic rings. The average molecular weight is 273 g/mol. The van der Waals surface area contributed by atoms with Crippen LogP contribution in [0.3, 0.4) is 0 Å². The fourth-order valence-electron chi connectivity index (χ4n) is 1.67. The van der Waals surface area contributed by atoms with Crippen molar-refractivity contribution in [3.8, 4) is 0 Å². The van der Waals surface area contributed by atoms with E-state index in [0.29, 0.717) is 25.9 Å². The third-order valence-corrected chi connectivity index (χ3v) is 2.81. The third kappa shape index (κ3) is 7.03. The van der Waals surface area contributed by atoms with Gasteiger partial charge in [0.1, 0.15) is 5.60 Å². The van der Waals surface area contributed by atoms with E-state index in [-0.39, 0.29) is 18.0 Å². The molecule has 1 amide bonds. The lowest BCUT2D eigenvalue weighted by Crippen LogP contribution is -2.38. The van der Waals surface area contributed by atoms with E-state index in [1.54, 1.807) is 4.90 Å². The number of rotatable bonds is 6. The van der Waals surface area contributed by atoms with Crippen LogP contribution in [0.2, 0.25) is 0 Å². The van der Waals surface area contributed by atoms with E-state index < -0.39 is 5.60 Å². The van der Waals surface area contributed by atoms with Crippen molar-refractivity contribution in [2.45, 2.75) is 53.1 Å². The fourth-order valence-corrected chi connectivity index (χ4v) is 1.67. The van der Waals surface area contributed by atoms with Crippen molar-refractivity contribution in [3.05, 3.63) is 0 Å². The molecular formula is C14H27NO4. The van der Waals surface area contributed by atoms with Gasteiger partial charge in [-0.1, -0.05) is 6.92 Å². The minimum Gasteiger partial charge on any atom is -0.469 e. The molecule has 0 saturated heterocycles. The zero-order valence-electron chi connectivity index (χ0n) is 13.0. The summed E-state index contributed by atoms with van der Waals surface area (Å²) in [4.78, 5) is 25.0. The van der Waals surface area contributed by atoms with Crippen molar-refractivity contribution in [2.75, 3.05) is 20.2 Å². The molecule has 0 aliphatic carbocycles. The summed E-state index contributed by atoms with van der Waals surface area (Å²) in [7, 11) is 1.39. The van der Waals surface area contributed by atoms with E-state index >= 15 is 0 Å². The van der Waals surface area contributed by atoms with Gasteiger partial charge in [0.15, 0.2) is 0 Å². The van der Waals surface area contributed by atoms with E-state index in [1.807, 2.05) is 34.6 Å². The molecule has 0 aliphatic heterocycles. The molecule has 0 N–H and O–H groups in total. The standard InChI is InChI=1S/C14H27NO4/c1-7-11(12(16)18-6)9-10-15(8-2)13(17)19-14(3,4)5/h11H,7-10H2,1-6H3. The first kappa shape index (κ1) is 17.7. The summed E-state index contributed by atoms with van der Waals surface area (Å²) in [5, 5.41) is 0. The molecule has 0 aromatic heterocycles. The second-order valence-corrected chi connectivity index (χ2v) is 5.48. The molecule has 0 aliphatic rings. The van der Waals surface area contributed by atoms with E-state index in [1.165, 1.54) is 7.11 Å². The van der Waals surface area contributed by atoms with Crippen molar-refractivity contribution < 1.29 is 19.1 Å². The molecule has 0 radical (unpaired) electrons. The zero-order chi connectivity index (χ0) is 15.1. The first-order chi connectivity index (χ1) is 8.75. The quantitative estimate of drug-likeness (QED) is 0.698. The van der Waals surface area contributed by atoms with Crippen molar-refractivity contribution in [1.82, 2.24) is 4.90 Å². The van der Waals surface area contributed by atoms with Crippen molar-refractivity contribution in [2.24, 2.45) is 5.92 Å². The summed E-state index contributed by atoms with van der Waals surface area (Å²) in [6.07, 6.45) is 0.962. The van der Waals surface area contributed by atoms with Gasteiger partial charge in [-0.2, -0.15) is 0 Å². The summed E-state index contributed by atoms with van der Waals surface area (Å²) >= 11 is 0. The predicted octanol–water partition coefficient (Wildman–Crippen LogP) is 2.83. The Balaban J connectivity index is 4.40. The lowest BCUT2D eigenvalue weighted by molar-refractivity contribution is -0.145. The maximum atomic E-state index is 11.9. The fraction of sp³-hybridized carbons (Fsp3) is 0.857. The Kier molecular flexibility index (Phi) is 7.49. The van der Waals surface area contributed by atoms with Crippen molar-refractivity contribution >= 4 is 12.1 Å². The number of carbonyl (C=O) groups is 2. The molecule has 0 heterocycles. The van der Waals surface area contributed by atoms with Gasteiger partial charge < -0.3 is 14.4 Å². The van der Waals surface area contributed by atoms with Crippen molar-refractivity contribution in [3.63, 3.8) is 0 Å². The molecule has 1 atom stereocenters. The number of esters is 1. The van der Waals surface area contributed by atoms with Gasteiger partial charge >= 0.3 is 12.1 Å². The number of nitrogens with zero attached hydrogens (tertiary/aromatic N) is 1. The van der Waals surface area contributed by atoms with Gasteiger partial charge in [-0.15, -0.1) is 0 Å². The topological polar surface area (TPSA) is 55.8 Å². The summed E-state index contributed by atoms with van der Waals surface area (Å²) in [5.74, 6) is -0.385. The van der Waals surface area contributed by atoms with Crippen LogP contribution in [0.4, 0.5) is 4.79 Å². The molecule has 0 spiro atoms. The van der Waals surface area contributed by atoms with Crippen LogP contribution >= 0.6 is 0 Å². The van der Waals surface area contributed by atoms with Gasteiger partial charge in [-0.25, -0.2) is 4.79 Å². The maximum absolute atomic E-state index is 11.9. The molecule has 0 aromatic carbocycles. The first-order valence-electron chi connectivity index (χ1n) is 6.80. The van der Waals surface area contributed by atoms with Crippen LogP contribution in [-0.4, -0.2) is 42.8 Å². The number of methoxy groups -OCH3 is 1. The lowest BCUT2D eigenvalue weighted by Gasteiger charge is -2.27. The van der Waals surface area contributed by atoms with Gasteiger partial charge in [0.05, 0.1) is 13.0 Å². The van der Waals surface area contributed by atoms with Crippen LogP contribution < -0.4 is 0 Å². The molecule has 0 bridgehead atoms. The summed E-state index contributed by atoms with van der Waals surface area (Å²) < 4.78 is 10.1. The number of hydrogen-bond acceptors (Lipinski definition) is 4. The van der Waals surface area contributed by atoms with Crippen LogP contribution in [0.25, 0.3) is 0 Å². The maximum Gasteiger partial charge on any atom is 0.410 e. The molecule has 1 unspecified atom stereocenters. The van der Waals surface area contributed by atoms with Crippen LogP contribution in [0.5, 0.6) is 0 Å². The smallest absolute Gasteiger partial charge is 0.410 e. The van der Waals surface area contributed by atoms with Crippen LogP contribution in [-0.2, 0) is 14.3 Å². The minimum absolute atomic E-state index is 0.165.